The standard InChI is InChI=1S/Mg.2H2O4S.H2S/c;2*1-5(2,3)4;/h;2*(H2,1,2,3,4);1H2/q+2;;;/p-2. The monoisotopic (exact) mass is 252 g/mol. The Labute approximate surface area is 92.1 Å². The third-order valence-electron chi connectivity index (χ3n) is 0. The van der Waals surface area contributed by atoms with Crippen LogP contribution in [0, 0.1) is 0 Å². The number of hydrogen-bond donors (Lipinski definition) is 2. The molecule has 0 aromatic rings. The van der Waals surface area contributed by atoms with Gasteiger partial charge in [0.05, 0.1) is 0 Å². The molecule has 0 aliphatic heterocycles. The van der Waals surface area contributed by atoms with E-state index in [-0.39, 0.29) is 36.5 Å². The second-order valence-electron chi connectivity index (χ2n) is 0.856. The molecule has 12 heteroatoms. The Morgan fingerprint density at radius 3 is 0.917 bits per heavy atom. The molecule has 0 heterocycles. The van der Waals surface area contributed by atoms with E-state index < -0.39 is 20.8 Å². The third kappa shape index (κ3) is 1440. The van der Waals surface area contributed by atoms with Gasteiger partial charge in [-0.05, 0) is 0 Å². The van der Waals surface area contributed by atoms with Crippen LogP contribution in [0.5, 0.6) is 0 Å². The fourth-order valence-corrected chi connectivity index (χ4v) is 0. The van der Waals surface area contributed by atoms with Crippen molar-refractivity contribution in [1.29, 1.82) is 0 Å². The molecule has 0 aromatic carbocycles. The summed E-state index contributed by atoms with van der Waals surface area (Å²) in [4.78, 5) is 0. The van der Waals surface area contributed by atoms with Crippen molar-refractivity contribution in [2.75, 3.05) is 0 Å². The van der Waals surface area contributed by atoms with E-state index in [1.807, 2.05) is 0 Å². The molecule has 0 saturated heterocycles. The van der Waals surface area contributed by atoms with Gasteiger partial charge in [0, 0.05) is 10.4 Å². The predicted octanol–water partition coefficient (Wildman–Crippen LogP) is -2.26. The molecule has 8 nitrogen and oxygen atoms in total. The van der Waals surface area contributed by atoms with E-state index >= 15 is 0 Å². The van der Waals surface area contributed by atoms with E-state index in [9.17, 15) is 0 Å². The summed E-state index contributed by atoms with van der Waals surface area (Å²) in [5.41, 5.74) is 0. The fraction of sp³-hybridized carbons (Fsp3) is 0. The number of rotatable bonds is 0. The molecule has 0 aliphatic rings. The summed E-state index contributed by atoms with van der Waals surface area (Å²) < 4.78 is 65.7. The molecular weight excluding hydrogens is 248 g/mol. The summed E-state index contributed by atoms with van der Waals surface area (Å²) in [5.74, 6) is 0. The Hall–Kier alpha value is 0.856. The molecule has 72 valence electrons. The zero-order valence-electron chi connectivity index (χ0n) is 5.37. The summed E-state index contributed by atoms with van der Waals surface area (Å²) >= 11 is 0. The van der Waals surface area contributed by atoms with E-state index in [2.05, 4.69) is 0 Å². The van der Waals surface area contributed by atoms with Gasteiger partial charge in [-0.2, -0.15) is 21.9 Å². The first kappa shape index (κ1) is 23.0. The molecule has 0 atom stereocenters. The van der Waals surface area contributed by atoms with Gasteiger partial charge in [-0.25, -0.2) is 0 Å². The van der Waals surface area contributed by atoms with Gasteiger partial charge >= 0.3 is 33.5 Å². The first-order chi connectivity index (χ1) is 4.00. The van der Waals surface area contributed by atoms with Crippen molar-refractivity contribution in [3.63, 3.8) is 0 Å². The summed E-state index contributed by atoms with van der Waals surface area (Å²) in [7, 11) is -9.83. The van der Waals surface area contributed by atoms with E-state index in [0.717, 1.165) is 0 Å². The zero-order chi connectivity index (χ0) is 9.00. The molecule has 0 spiro atoms. The average molecular weight is 253 g/mol. The van der Waals surface area contributed by atoms with Crippen LogP contribution in [-0.2, 0) is 20.8 Å². The van der Waals surface area contributed by atoms with Crippen molar-refractivity contribution in [1.82, 2.24) is 0 Å². The summed E-state index contributed by atoms with van der Waals surface area (Å²) in [6.07, 6.45) is 0. The maximum atomic E-state index is 8.74. The Balaban J connectivity index is -0.0000000457. The second kappa shape index (κ2) is 8.45. The predicted molar refractivity (Wildman–Crippen MR) is 40.8 cm³/mol. The van der Waals surface area contributed by atoms with Crippen LogP contribution < -0.4 is 0 Å². The third-order valence-corrected chi connectivity index (χ3v) is 0. The minimum atomic E-state index is -5.17. The van der Waals surface area contributed by atoms with Crippen LogP contribution in [0.3, 0.4) is 0 Å². The second-order valence-corrected chi connectivity index (χ2v) is 2.57. The van der Waals surface area contributed by atoms with Gasteiger partial charge in [0.1, 0.15) is 0 Å². The molecule has 12 heavy (non-hydrogen) atoms. The topological polar surface area (TPSA) is 155 Å². The SMILES string of the molecule is O=S(=O)(O)O.O=S(=O)([O-])[O-].S.[Mg+2]. The van der Waals surface area contributed by atoms with Crippen molar-refractivity contribution in [3.05, 3.63) is 0 Å². The smallest absolute Gasteiger partial charge is 0.759 e. The van der Waals surface area contributed by atoms with Gasteiger partial charge in [0.2, 0.25) is 0 Å². The van der Waals surface area contributed by atoms with Crippen molar-refractivity contribution in [2.24, 2.45) is 0 Å². The van der Waals surface area contributed by atoms with Crippen LogP contribution in [0.4, 0.5) is 0 Å². The van der Waals surface area contributed by atoms with Gasteiger partial charge in [-0.3, -0.25) is 17.5 Å². The van der Waals surface area contributed by atoms with E-state index in [1.54, 1.807) is 0 Å². The molecule has 2 N–H and O–H groups in total. The molecule has 0 radical (unpaired) electrons. The van der Waals surface area contributed by atoms with E-state index in [1.165, 1.54) is 0 Å². The molecule has 0 bridgehead atoms. The Bertz CT molecular complexity index is 211. The van der Waals surface area contributed by atoms with Gasteiger partial charge in [0.25, 0.3) is 0 Å². The Kier molecular flexibility index (Phi) is 16.2. The maximum Gasteiger partial charge on any atom is 2.00 e. The Morgan fingerprint density at radius 2 is 0.917 bits per heavy atom. The van der Waals surface area contributed by atoms with Crippen molar-refractivity contribution in [3.8, 4) is 0 Å². The average Bonchev–Trinajstić information content (AvgIpc) is 1.12. The van der Waals surface area contributed by atoms with Crippen LogP contribution in [0.2, 0.25) is 0 Å². The minimum Gasteiger partial charge on any atom is -0.759 e. The van der Waals surface area contributed by atoms with Crippen molar-refractivity contribution < 1.29 is 35.0 Å². The van der Waals surface area contributed by atoms with E-state index in [4.69, 9.17) is 35.0 Å². The fourth-order valence-electron chi connectivity index (χ4n) is 0. The maximum absolute atomic E-state index is 8.74. The van der Waals surface area contributed by atoms with E-state index in [0.29, 0.717) is 0 Å². The quantitative estimate of drug-likeness (QED) is 0.278. The van der Waals surface area contributed by atoms with Crippen LogP contribution in [0.1, 0.15) is 0 Å². The normalized spacial score (nSPS) is 9.67. The van der Waals surface area contributed by atoms with Crippen LogP contribution in [0.25, 0.3) is 0 Å². The molecule has 0 unspecified atom stereocenters. The molecule has 0 amide bonds. The molecular formula is H4MgO8S3. The molecule has 0 saturated carbocycles. The van der Waals surface area contributed by atoms with Crippen LogP contribution in [0.15, 0.2) is 0 Å². The first-order valence-electron chi connectivity index (χ1n) is 1.37. The summed E-state index contributed by atoms with van der Waals surface area (Å²) in [6, 6.07) is 0. The molecule has 0 rings (SSSR count). The van der Waals surface area contributed by atoms with Gasteiger partial charge in [0.15, 0.2) is 0 Å². The molecule has 0 aliphatic carbocycles. The van der Waals surface area contributed by atoms with Crippen LogP contribution >= 0.6 is 13.5 Å². The zero-order valence-corrected chi connectivity index (χ0v) is 9.41. The van der Waals surface area contributed by atoms with Gasteiger partial charge in [-0.1, -0.05) is 0 Å². The van der Waals surface area contributed by atoms with Crippen LogP contribution in [-0.4, -0.2) is 58.1 Å². The van der Waals surface area contributed by atoms with Crippen molar-refractivity contribution in [2.45, 2.75) is 0 Å². The number of hydrogen-bond acceptors (Lipinski definition) is 6. The molecule has 0 fully saturated rings. The minimum absolute atomic E-state index is 0. The van der Waals surface area contributed by atoms with Gasteiger partial charge in [-0.15, -0.1) is 0 Å². The summed E-state index contributed by atoms with van der Waals surface area (Å²) in [6.45, 7) is 0. The largest absolute Gasteiger partial charge is 2.00 e. The van der Waals surface area contributed by atoms with Crippen molar-refractivity contribution >= 4 is 57.3 Å². The van der Waals surface area contributed by atoms with Gasteiger partial charge < -0.3 is 9.11 Å². The molecule has 0 aromatic heterocycles. The Morgan fingerprint density at radius 1 is 0.917 bits per heavy atom. The summed E-state index contributed by atoms with van der Waals surface area (Å²) in [5, 5.41) is 0. The first-order valence-corrected chi connectivity index (χ1v) is 4.10.